The van der Waals surface area contributed by atoms with E-state index in [0.717, 1.165) is 32.0 Å². The van der Waals surface area contributed by atoms with Gasteiger partial charge in [-0.1, -0.05) is 29.8 Å². The molecule has 1 aromatic carbocycles. The largest absolute Gasteiger partial charge is 0.356 e. The number of rotatable bonds is 3. The third kappa shape index (κ3) is 4.10. The molecule has 2 rings (SSSR count). The first-order chi connectivity index (χ1) is 8.34. The summed E-state index contributed by atoms with van der Waals surface area (Å²) in [4.78, 5) is 4.46. The highest BCUT2D eigenvalue weighted by Gasteiger charge is 2.01. The maximum absolute atomic E-state index is 4.46. The van der Waals surface area contributed by atoms with Crippen LogP contribution in [0.15, 0.2) is 29.3 Å². The molecule has 3 heteroatoms. The Balaban J connectivity index is 1.75. The van der Waals surface area contributed by atoms with Crippen molar-refractivity contribution in [2.75, 3.05) is 19.6 Å². The van der Waals surface area contributed by atoms with Crippen molar-refractivity contribution in [3.05, 3.63) is 35.4 Å². The monoisotopic (exact) mass is 231 g/mol. The van der Waals surface area contributed by atoms with E-state index in [2.05, 4.69) is 46.8 Å². The fourth-order valence-corrected chi connectivity index (χ4v) is 1.89. The van der Waals surface area contributed by atoms with Gasteiger partial charge in [0.1, 0.15) is 0 Å². The fraction of sp³-hybridized carbons (Fsp3) is 0.500. The number of hydrogen-bond acceptors (Lipinski definition) is 3. The van der Waals surface area contributed by atoms with E-state index < -0.39 is 0 Å². The molecule has 1 aromatic rings. The fourth-order valence-electron chi connectivity index (χ4n) is 1.89. The number of hydrogen-bond donors (Lipinski definition) is 2. The number of aryl methyl sites for hydroxylation is 1. The smallest absolute Gasteiger partial charge is 0.191 e. The first-order valence-corrected chi connectivity index (χ1v) is 6.42. The zero-order valence-electron chi connectivity index (χ0n) is 10.5. The lowest BCUT2D eigenvalue weighted by atomic mass is 10.1. The van der Waals surface area contributed by atoms with Crippen molar-refractivity contribution in [3.8, 4) is 0 Å². The Morgan fingerprint density at radius 1 is 1.24 bits per heavy atom. The lowest BCUT2D eigenvalue weighted by Gasteiger charge is -2.10. The van der Waals surface area contributed by atoms with Crippen molar-refractivity contribution in [3.63, 3.8) is 0 Å². The molecule has 0 aromatic heterocycles. The predicted molar refractivity (Wildman–Crippen MR) is 72.4 cm³/mol. The summed E-state index contributed by atoms with van der Waals surface area (Å²) in [6, 6.07) is 8.71. The molecule has 0 unspecified atom stereocenters. The van der Waals surface area contributed by atoms with Crippen LogP contribution >= 0.6 is 0 Å². The summed E-state index contributed by atoms with van der Waals surface area (Å²) < 4.78 is 0. The summed E-state index contributed by atoms with van der Waals surface area (Å²) >= 11 is 0. The van der Waals surface area contributed by atoms with Crippen molar-refractivity contribution >= 4 is 5.96 Å². The van der Waals surface area contributed by atoms with Crippen LogP contribution < -0.4 is 10.6 Å². The maximum atomic E-state index is 4.46. The molecule has 0 fully saturated rings. The van der Waals surface area contributed by atoms with Crippen LogP contribution in [-0.2, 0) is 6.42 Å². The van der Waals surface area contributed by atoms with Crippen molar-refractivity contribution in [2.24, 2.45) is 4.99 Å². The molecular formula is C14H21N3. The molecule has 0 aliphatic carbocycles. The van der Waals surface area contributed by atoms with E-state index in [1.165, 1.54) is 24.0 Å². The average Bonchev–Trinajstić information content (AvgIpc) is 2.60. The van der Waals surface area contributed by atoms with Gasteiger partial charge in [-0.25, -0.2) is 0 Å². The number of aliphatic imine (C=N–C) groups is 1. The third-order valence-corrected chi connectivity index (χ3v) is 2.97. The molecule has 92 valence electrons. The Bertz CT molecular complexity index is 368. The van der Waals surface area contributed by atoms with E-state index >= 15 is 0 Å². The molecule has 17 heavy (non-hydrogen) atoms. The van der Waals surface area contributed by atoms with Gasteiger partial charge in [0.05, 0.1) is 0 Å². The molecule has 1 heterocycles. The van der Waals surface area contributed by atoms with Gasteiger partial charge < -0.3 is 10.6 Å². The number of nitrogens with one attached hydrogen (secondary N) is 2. The van der Waals surface area contributed by atoms with E-state index in [0.29, 0.717) is 0 Å². The van der Waals surface area contributed by atoms with E-state index in [1.54, 1.807) is 0 Å². The molecular weight excluding hydrogens is 210 g/mol. The van der Waals surface area contributed by atoms with Gasteiger partial charge in [-0.2, -0.15) is 0 Å². The van der Waals surface area contributed by atoms with Crippen molar-refractivity contribution in [1.29, 1.82) is 0 Å². The van der Waals surface area contributed by atoms with Crippen LogP contribution in [0.4, 0.5) is 0 Å². The highest BCUT2D eigenvalue weighted by atomic mass is 15.2. The van der Waals surface area contributed by atoms with Gasteiger partial charge in [0, 0.05) is 19.6 Å². The summed E-state index contributed by atoms with van der Waals surface area (Å²) in [7, 11) is 0. The minimum Gasteiger partial charge on any atom is -0.356 e. The quantitative estimate of drug-likeness (QED) is 0.833. The summed E-state index contributed by atoms with van der Waals surface area (Å²) in [5, 5.41) is 6.68. The van der Waals surface area contributed by atoms with Gasteiger partial charge in [-0.3, -0.25) is 4.99 Å². The first kappa shape index (κ1) is 12.0. The molecule has 0 amide bonds. The SMILES string of the molecule is Cc1ccc(CCNC2=NCCCCN2)cc1. The average molecular weight is 231 g/mol. The Kier molecular flexibility index (Phi) is 4.42. The molecule has 0 radical (unpaired) electrons. The molecule has 0 spiro atoms. The van der Waals surface area contributed by atoms with Crippen LogP contribution in [0.25, 0.3) is 0 Å². The van der Waals surface area contributed by atoms with E-state index in [1.807, 2.05) is 0 Å². The van der Waals surface area contributed by atoms with E-state index in [4.69, 9.17) is 0 Å². The highest BCUT2D eigenvalue weighted by Crippen LogP contribution is 2.03. The normalized spacial score (nSPS) is 15.7. The maximum Gasteiger partial charge on any atom is 0.191 e. The lowest BCUT2D eigenvalue weighted by molar-refractivity contribution is 0.741. The Morgan fingerprint density at radius 2 is 2.06 bits per heavy atom. The second-order valence-electron chi connectivity index (χ2n) is 4.53. The van der Waals surface area contributed by atoms with Crippen LogP contribution in [-0.4, -0.2) is 25.6 Å². The number of benzene rings is 1. The van der Waals surface area contributed by atoms with Crippen LogP contribution in [0.2, 0.25) is 0 Å². The molecule has 0 saturated heterocycles. The van der Waals surface area contributed by atoms with Gasteiger partial charge in [0.15, 0.2) is 5.96 Å². The van der Waals surface area contributed by atoms with Crippen molar-refractivity contribution in [2.45, 2.75) is 26.2 Å². The minimum atomic E-state index is 0.939. The summed E-state index contributed by atoms with van der Waals surface area (Å²) in [6.45, 7) is 5.04. The van der Waals surface area contributed by atoms with Crippen LogP contribution in [0.5, 0.6) is 0 Å². The lowest BCUT2D eigenvalue weighted by Crippen LogP contribution is -2.38. The molecule has 0 atom stereocenters. The van der Waals surface area contributed by atoms with Gasteiger partial charge in [-0.15, -0.1) is 0 Å². The molecule has 1 aliphatic rings. The third-order valence-electron chi connectivity index (χ3n) is 2.97. The van der Waals surface area contributed by atoms with Gasteiger partial charge >= 0.3 is 0 Å². The van der Waals surface area contributed by atoms with Gasteiger partial charge in [0.25, 0.3) is 0 Å². The Labute approximate surface area is 103 Å². The van der Waals surface area contributed by atoms with Crippen LogP contribution in [0.3, 0.4) is 0 Å². The summed E-state index contributed by atoms with van der Waals surface area (Å²) in [5.74, 6) is 0.967. The van der Waals surface area contributed by atoms with Crippen molar-refractivity contribution < 1.29 is 0 Å². The second-order valence-corrected chi connectivity index (χ2v) is 4.53. The standard InChI is InChI=1S/C14H21N3/c1-12-4-6-13(7-5-12)8-11-17-14-15-9-2-3-10-16-14/h4-7H,2-3,8-11H2,1H3,(H2,15,16,17). The molecule has 3 nitrogen and oxygen atoms in total. The van der Waals surface area contributed by atoms with Gasteiger partial charge in [0.2, 0.25) is 0 Å². The van der Waals surface area contributed by atoms with E-state index in [9.17, 15) is 0 Å². The zero-order chi connectivity index (χ0) is 11.9. The first-order valence-electron chi connectivity index (χ1n) is 6.42. The predicted octanol–water partition coefficient (Wildman–Crippen LogP) is 1.87. The molecule has 0 bridgehead atoms. The minimum absolute atomic E-state index is 0.939. The molecule has 2 N–H and O–H groups in total. The zero-order valence-corrected chi connectivity index (χ0v) is 10.5. The van der Waals surface area contributed by atoms with Crippen LogP contribution in [0.1, 0.15) is 24.0 Å². The van der Waals surface area contributed by atoms with Crippen LogP contribution in [0, 0.1) is 6.92 Å². The topological polar surface area (TPSA) is 36.4 Å². The Morgan fingerprint density at radius 3 is 2.88 bits per heavy atom. The number of guanidine groups is 1. The molecule has 1 aliphatic heterocycles. The van der Waals surface area contributed by atoms with Crippen molar-refractivity contribution in [1.82, 2.24) is 10.6 Å². The number of nitrogens with zero attached hydrogens (tertiary/aromatic N) is 1. The Hall–Kier alpha value is -1.51. The van der Waals surface area contributed by atoms with Gasteiger partial charge in [-0.05, 0) is 31.7 Å². The second kappa shape index (κ2) is 6.28. The van der Waals surface area contributed by atoms with E-state index in [-0.39, 0.29) is 0 Å². The molecule has 0 saturated carbocycles. The summed E-state index contributed by atoms with van der Waals surface area (Å²) in [5.41, 5.74) is 2.69. The highest BCUT2D eigenvalue weighted by molar-refractivity contribution is 5.79. The summed E-state index contributed by atoms with van der Waals surface area (Å²) in [6.07, 6.45) is 3.45.